The maximum atomic E-state index is 12.6. The maximum Gasteiger partial charge on any atom is 0.472 e. The molecule has 10 heteroatoms. The van der Waals surface area contributed by atoms with Crippen LogP contribution in [-0.2, 0) is 32.7 Å². The molecule has 0 spiro atoms. The Hall–Kier alpha value is -2.29. The molecule has 0 bridgehead atoms. The van der Waals surface area contributed by atoms with Gasteiger partial charge >= 0.3 is 19.8 Å². The monoisotopic (exact) mass is 850 g/mol. The lowest BCUT2D eigenvalue weighted by molar-refractivity contribution is -0.161. The SMILES string of the molecule is CCCCC/C=C\C/C=C\C/C=C\C/C=C\C/C=C\CCC(=O)OC[C@H](COP(=O)(O)OCCN)OC(=O)CCCCCCCCCCCCCCCCCCCCC. The number of hydrogen-bond acceptors (Lipinski definition) is 8. The summed E-state index contributed by atoms with van der Waals surface area (Å²) in [6, 6.07) is 0. The van der Waals surface area contributed by atoms with E-state index in [1.807, 2.05) is 12.2 Å². The summed E-state index contributed by atoms with van der Waals surface area (Å²) in [5.41, 5.74) is 5.35. The first-order chi connectivity index (χ1) is 28.8. The van der Waals surface area contributed by atoms with Gasteiger partial charge in [-0.2, -0.15) is 0 Å². The largest absolute Gasteiger partial charge is 0.472 e. The van der Waals surface area contributed by atoms with Gasteiger partial charge in [-0.05, 0) is 51.4 Å². The lowest BCUT2D eigenvalue weighted by atomic mass is 10.0. The highest BCUT2D eigenvalue weighted by Gasteiger charge is 2.26. The molecule has 59 heavy (non-hydrogen) atoms. The van der Waals surface area contributed by atoms with Crippen molar-refractivity contribution >= 4 is 19.8 Å². The normalized spacial score (nSPS) is 13.8. The molecule has 3 N–H and O–H groups in total. The summed E-state index contributed by atoms with van der Waals surface area (Å²) >= 11 is 0. The molecule has 342 valence electrons. The highest BCUT2D eigenvalue weighted by atomic mass is 31.2. The van der Waals surface area contributed by atoms with E-state index >= 15 is 0 Å². The number of ether oxygens (including phenoxy) is 2. The van der Waals surface area contributed by atoms with Crippen molar-refractivity contribution < 1.29 is 37.6 Å². The smallest absolute Gasteiger partial charge is 0.462 e. The van der Waals surface area contributed by atoms with E-state index in [0.29, 0.717) is 12.8 Å². The number of allylic oxidation sites excluding steroid dienone is 10. The Morgan fingerprint density at radius 2 is 0.915 bits per heavy atom. The minimum Gasteiger partial charge on any atom is -0.462 e. The zero-order chi connectivity index (χ0) is 43.2. The van der Waals surface area contributed by atoms with E-state index in [1.54, 1.807) is 0 Å². The van der Waals surface area contributed by atoms with Crippen LogP contribution in [0.3, 0.4) is 0 Å². The second-order valence-electron chi connectivity index (χ2n) is 15.6. The van der Waals surface area contributed by atoms with E-state index in [1.165, 1.54) is 122 Å². The molecule has 0 aliphatic heterocycles. The molecule has 0 aromatic rings. The van der Waals surface area contributed by atoms with Crippen molar-refractivity contribution in [2.24, 2.45) is 5.73 Å². The van der Waals surface area contributed by atoms with Crippen LogP contribution in [0.15, 0.2) is 60.8 Å². The number of esters is 2. The molecule has 0 saturated heterocycles. The second-order valence-corrected chi connectivity index (χ2v) is 17.1. The summed E-state index contributed by atoms with van der Waals surface area (Å²) in [4.78, 5) is 34.9. The Labute approximate surface area is 361 Å². The molecule has 0 radical (unpaired) electrons. The van der Waals surface area contributed by atoms with Crippen LogP contribution in [0, 0.1) is 0 Å². The minimum atomic E-state index is -4.40. The fourth-order valence-corrected chi connectivity index (χ4v) is 7.15. The maximum absolute atomic E-state index is 12.6. The number of hydrogen-bond donors (Lipinski definition) is 2. The van der Waals surface area contributed by atoms with Crippen LogP contribution in [0.5, 0.6) is 0 Å². The minimum absolute atomic E-state index is 0.0430. The fourth-order valence-electron chi connectivity index (χ4n) is 6.38. The molecule has 0 rings (SSSR count). The van der Waals surface area contributed by atoms with Crippen molar-refractivity contribution in [2.75, 3.05) is 26.4 Å². The molecular formula is C49H88NO8P. The quantitative estimate of drug-likeness (QED) is 0.0266. The highest BCUT2D eigenvalue weighted by Crippen LogP contribution is 2.43. The number of nitrogens with two attached hydrogens (primary N) is 1. The van der Waals surface area contributed by atoms with Crippen molar-refractivity contribution in [1.29, 1.82) is 0 Å². The van der Waals surface area contributed by atoms with Crippen LogP contribution >= 0.6 is 7.82 Å². The summed E-state index contributed by atoms with van der Waals surface area (Å²) in [6.07, 6.45) is 54.1. The molecule has 2 atom stereocenters. The molecule has 0 saturated carbocycles. The second kappa shape index (κ2) is 45.2. The Balaban J connectivity index is 4.20. The van der Waals surface area contributed by atoms with Gasteiger partial charge in [0.15, 0.2) is 6.10 Å². The van der Waals surface area contributed by atoms with Gasteiger partial charge in [0, 0.05) is 19.4 Å². The number of rotatable bonds is 44. The first-order valence-electron chi connectivity index (χ1n) is 23.8. The average molecular weight is 850 g/mol. The molecule has 0 aliphatic rings. The standard InChI is InChI=1S/C49H88NO8P/c1-3-5-7-9-11-13-15-17-19-21-23-25-27-29-31-33-35-37-39-41-48(51)55-45-47(46-57-59(53,54)56-44-43-50)58-49(52)42-40-38-36-34-32-30-28-26-24-22-20-18-16-14-12-10-8-6-4-2/h11,13,17,19,23,25,29,31,35,37,47H,3-10,12,14-16,18,20-22,24,26-28,30,32-34,36,38-46,50H2,1-2H3,(H,53,54)/b13-11-,19-17-,25-23-,31-29-,37-35-/t47-/m1/s1. The lowest BCUT2D eigenvalue weighted by Crippen LogP contribution is -2.29. The third kappa shape index (κ3) is 45.1. The van der Waals surface area contributed by atoms with Gasteiger partial charge in [0.25, 0.3) is 0 Å². The topological polar surface area (TPSA) is 134 Å². The summed E-state index contributed by atoms with van der Waals surface area (Å²) in [5.74, 6) is -0.921. The predicted octanol–water partition coefficient (Wildman–Crippen LogP) is 14.1. The van der Waals surface area contributed by atoms with Crippen molar-refractivity contribution in [3.05, 3.63) is 60.8 Å². The van der Waals surface area contributed by atoms with Crippen molar-refractivity contribution in [1.82, 2.24) is 0 Å². The van der Waals surface area contributed by atoms with Crippen LogP contribution in [0.4, 0.5) is 0 Å². The molecular weight excluding hydrogens is 762 g/mol. The van der Waals surface area contributed by atoms with E-state index in [-0.39, 0.29) is 32.6 Å². The number of carbonyl (C=O) groups is 2. The molecule has 0 aromatic carbocycles. The molecule has 0 fully saturated rings. The molecule has 0 amide bonds. The van der Waals surface area contributed by atoms with Crippen molar-refractivity contribution in [2.45, 2.75) is 213 Å². The fraction of sp³-hybridized carbons (Fsp3) is 0.755. The summed E-state index contributed by atoms with van der Waals surface area (Å²) in [7, 11) is -4.40. The van der Waals surface area contributed by atoms with Crippen LogP contribution in [0.1, 0.15) is 206 Å². The molecule has 1 unspecified atom stereocenters. The van der Waals surface area contributed by atoms with Crippen LogP contribution < -0.4 is 5.73 Å². The van der Waals surface area contributed by atoms with Gasteiger partial charge in [0.05, 0.1) is 13.2 Å². The van der Waals surface area contributed by atoms with Gasteiger partial charge in [-0.3, -0.25) is 18.6 Å². The first kappa shape index (κ1) is 56.7. The summed E-state index contributed by atoms with van der Waals surface area (Å²) in [5, 5.41) is 0. The number of carbonyl (C=O) groups excluding carboxylic acids is 2. The lowest BCUT2D eigenvalue weighted by Gasteiger charge is -2.19. The summed E-state index contributed by atoms with van der Waals surface area (Å²) < 4.78 is 32.8. The Bertz CT molecular complexity index is 1150. The summed E-state index contributed by atoms with van der Waals surface area (Å²) in [6.45, 7) is 3.64. The zero-order valence-electron chi connectivity index (χ0n) is 37.7. The van der Waals surface area contributed by atoms with E-state index in [4.69, 9.17) is 24.3 Å². The van der Waals surface area contributed by atoms with Gasteiger partial charge in [-0.15, -0.1) is 0 Å². The van der Waals surface area contributed by atoms with Crippen LogP contribution in [0.2, 0.25) is 0 Å². The third-order valence-electron chi connectivity index (χ3n) is 9.92. The number of unbranched alkanes of at least 4 members (excludes halogenated alkanes) is 21. The van der Waals surface area contributed by atoms with Crippen molar-refractivity contribution in [3.8, 4) is 0 Å². The number of phosphoric acid groups is 1. The van der Waals surface area contributed by atoms with Gasteiger partial charge < -0.3 is 20.1 Å². The molecule has 0 aliphatic carbocycles. The van der Waals surface area contributed by atoms with Gasteiger partial charge in [-0.1, -0.05) is 203 Å². The average Bonchev–Trinajstić information content (AvgIpc) is 3.22. The van der Waals surface area contributed by atoms with E-state index in [2.05, 4.69) is 62.5 Å². The first-order valence-corrected chi connectivity index (χ1v) is 25.3. The Morgan fingerprint density at radius 1 is 0.508 bits per heavy atom. The van der Waals surface area contributed by atoms with Crippen LogP contribution in [-0.4, -0.2) is 49.3 Å². The zero-order valence-corrected chi connectivity index (χ0v) is 38.6. The van der Waals surface area contributed by atoms with Gasteiger partial charge in [0.1, 0.15) is 6.61 Å². The van der Waals surface area contributed by atoms with Crippen molar-refractivity contribution in [3.63, 3.8) is 0 Å². The molecule has 9 nitrogen and oxygen atoms in total. The van der Waals surface area contributed by atoms with E-state index in [9.17, 15) is 19.0 Å². The predicted molar refractivity (Wildman–Crippen MR) is 247 cm³/mol. The Morgan fingerprint density at radius 3 is 1.37 bits per heavy atom. The van der Waals surface area contributed by atoms with Gasteiger partial charge in [-0.25, -0.2) is 4.57 Å². The Kier molecular flexibility index (Phi) is 43.5. The highest BCUT2D eigenvalue weighted by molar-refractivity contribution is 7.47. The third-order valence-corrected chi connectivity index (χ3v) is 10.9. The van der Waals surface area contributed by atoms with Crippen LogP contribution in [0.25, 0.3) is 0 Å². The number of phosphoric ester groups is 1. The molecule has 0 heterocycles. The van der Waals surface area contributed by atoms with E-state index in [0.717, 1.165) is 44.9 Å². The van der Waals surface area contributed by atoms with E-state index < -0.39 is 32.5 Å². The van der Waals surface area contributed by atoms with Gasteiger partial charge in [0.2, 0.25) is 0 Å². The molecule has 0 aromatic heterocycles.